The maximum Gasteiger partial charge on any atom is 0.325 e. The van der Waals surface area contributed by atoms with Gasteiger partial charge in [0.2, 0.25) is 15.6 Å². The first-order valence-corrected chi connectivity index (χ1v) is 18.9. The van der Waals surface area contributed by atoms with Crippen molar-refractivity contribution in [1.82, 2.24) is 26.1 Å². The van der Waals surface area contributed by atoms with E-state index in [0.29, 0.717) is 30.6 Å². The van der Waals surface area contributed by atoms with Crippen LogP contribution in [0, 0.1) is 11.3 Å². The van der Waals surface area contributed by atoms with Gasteiger partial charge in [0.05, 0.1) is 17.3 Å². The number of alkyl halides is 5. The maximum atomic E-state index is 14.4. The fourth-order valence-corrected chi connectivity index (χ4v) is 6.65. The van der Waals surface area contributed by atoms with E-state index >= 15 is 0 Å². The molecule has 1 aromatic carbocycles. The van der Waals surface area contributed by atoms with Gasteiger partial charge in [0, 0.05) is 43.7 Å². The Bertz CT molecular complexity index is 1660. The number of nitrogens with zero attached hydrogens (tertiary/aromatic N) is 2. The van der Waals surface area contributed by atoms with Crippen LogP contribution in [0.5, 0.6) is 0 Å². The van der Waals surface area contributed by atoms with Crippen molar-refractivity contribution < 1.29 is 37.4 Å². The summed E-state index contributed by atoms with van der Waals surface area (Å²) in [7, 11) is 0. The average molecular weight is 803 g/mol. The Hall–Kier alpha value is -3.10. The number of benzene rings is 1. The molecule has 1 aliphatic heterocycles. The molecule has 4 atom stereocenters. The van der Waals surface area contributed by atoms with E-state index in [2.05, 4.69) is 21.0 Å². The Balaban J connectivity index is 1.44. The number of rotatable bonds is 13. The van der Waals surface area contributed by atoms with Crippen LogP contribution in [-0.2, 0) is 28.7 Å². The highest BCUT2D eigenvalue weighted by Crippen LogP contribution is 2.45. The van der Waals surface area contributed by atoms with Crippen molar-refractivity contribution in [1.29, 1.82) is 0 Å². The third-order valence-electron chi connectivity index (χ3n) is 9.57. The SMILES string of the molecule is CC(=O)O[C@H](C)c1ccc2ccc(/C=C/C3(CN[C@H](C(=O)N[C@@H](C)C(=O)N4CCC[C@@H](C(=O)OCC(Cl)(Cl)Cl)N4)C(C)C)CCC(F)(F)CC3)cc2n1. The number of aromatic nitrogens is 1. The van der Waals surface area contributed by atoms with E-state index in [1.54, 1.807) is 13.8 Å². The minimum Gasteiger partial charge on any atom is -0.460 e. The summed E-state index contributed by atoms with van der Waals surface area (Å²) in [6.45, 7) is 8.47. The minimum atomic E-state index is -2.77. The molecular weight excluding hydrogens is 755 g/mol. The van der Waals surface area contributed by atoms with Crippen LogP contribution in [-0.4, -0.2) is 81.3 Å². The normalized spacial score (nSPS) is 20.5. The lowest BCUT2D eigenvalue weighted by atomic mass is 9.72. The van der Waals surface area contributed by atoms with Gasteiger partial charge in [-0.3, -0.25) is 24.2 Å². The molecule has 2 amide bonds. The van der Waals surface area contributed by atoms with Crippen molar-refractivity contribution in [3.05, 3.63) is 47.7 Å². The number of hydrogen-bond donors (Lipinski definition) is 3. The number of pyridine rings is 1. The number of esters is 2. The summed E-state index contributed by atoms with van der Waals surface area (Å²) in [4.78, 5) is 55.6. The molecule has 2 heterocycles. The number of hydrazine groups is 1. The molecule has 3 N–H and O–H groups in total. The molecule has 1 saturated heterocycles. The van der Waals surface area contributed by atoms with Crippen molar-refractivity contribution in [3.8, 4) is 0 Å². The third kappa shape index (κ3) is 12.5. The Morgan fingerprint density at radius 2 is 1.75 bits per heavy atom. The number of carbonyl (C=O) groups is 4. The van der Waals surface area contributed by atoms with Crippen LogP contribution in [0.1, 0.15) is 90.5 Å². The molecule has 1 aliphatic carbocycles. The second-order valence-corrected chi connectivity index (χ2v) is 16.9. The van der Waals surface area contributed by atoms with Crippen molar-refractivity contribution in [2.45, 2.75) is 107 Å². The smallest absolute Gasteiger partial charge is 0.325 e. The van der Waals surface area contributed by atoms with E-state index in [1.807, 2.05) is 56.3 Å². The zero-order chi connectivity index (χ0) is 39.1. The Morgan fingerprint density at radius 1 is 1.08 bits per heavy atom. The number of fused-ring (bicyclic) bond motifs is 1. The summed E-state index contributed by atoms with van der Waals surface area (Å²) < 4.78 is 37.4. The van der Waals surface area contributed by atoms with Gasteiger partial charge in [-0.25, -0.2) is 19.2 Å². The van der Waals surface area contributed by atoms with Gasteiger partial charge in [-0.2, -0.15) is 0 Å². The van der Waals surface area contributed by atoms with E-state index in [-0.39, 0.29) is 38.1 Å². The van der Waals surface area contributed by atoms with Crippen LogP contribution >= 0.6 is 34.8 Å². The summed E-state index contributed by atoms with van der Waals surface area (Å²) in [6.07, 6.45) is 4.05. The summed E-state index contributed by atoms with van der Waals surface area (Å²) >= 11 is 17.0. The number of nitrogens with one attached hydrogen (secondary N) is 3. The average Bonchev–Trinajstić information content (AvgIpc) is 3.09. The summed E-state index contributed by atoms with van der Waals surface area (Å²) in [5.41, 5.74) is 4.29. The fraction of sp³-hybridized carbons (Fsp3) is 0.595. The van der Waals surface area contributed by atoms with Gasteiger partial charge in [-0.15, -0.1) is 0 Å². The standard InChI is InChI=1S/C37H48Cl3F2N5O6/c1-22(2)31(32(49)44-23(3)33(50)47-18-6-7-29(46-47)34(51)52-21-37(38,39)40)43-20-35(14-16-36(41,42)17-15-35)13-12-26-8-9-27-10-11-28(45-30(27)19-26)24(4)53-25(5)48/h8-13,19,22-24,29,31,43,46H,6-7,14-18,20-21H2,1-5H3,(H,44,49)/b13-12+/t23-,24+,29-,31-/m0/s1. The van der Waals surface area contributed by atoms with Crippen molar-refractivity contribution >= 4 is 75.5 Å². The van der Waals surface area contributed by atoms with Crippen LogP contribution in [0.3, 0.4) is 0 Å². The first-order chi connectivity index (χ1) is 24.8. The Kier molecular flexibility index (Phi) is 14.5. The van der Waals surface area contributed by atoms with Crippen LogP contribution in [0.2, 0.25) is 0 Å². The predicted octanol–water partition coefficient (Wildman–Crippen LogP) is 6.60. The zero-order valence-corrected chi connectivity index (χ0v) is 32.8. The van der Waals surface area contributed by atoms with Gasteiger partial charge in [-0.1, -0.05) is 79.0 Å². The second kappa shape index (κ2) is 18.0. The highest BCUT2D eigenvalue weighted by Gasteiger charge is 2.43. The Morgan fingerprint density at radius 3 is 2.40 bits per heavy atom. The number of halogens is 5. The van der Waals surface area contributed by atoms with Crippen molar-refractivity contribution in [2.75, 3.05) is 19.7 Å². The molecule has 53 heavy (non-hydrogen) atoms. The van der Waals surface area contributed by atoms with E-state index in [9.17, 15) is 28.0 Å². The first-order valence-electron chi connectivity index (χ1n) is 17.8. The summed E-state index contributed by atoms with van der Waals surface area (Å²) in [5, 5.41) is 8.29. The minimum absolute atomic E-state index is 0.201. The lowest BCUT2D eigenvalue weighted by Crippen LogP contribution is -2.61. The summed E-state index contributed by atoms with van der Waals surface area (Å²) in [6, 6.07) is 6.92. The fourth-order valence-electron chi connectivity index (χ4n) is 6.49. The predicted molar refractivity (Wildman–Crippen MR) is 200 cm³/mol. The summed E-state index contributed by atoms with van der Waals surface area (Å²) in [5.74, 6) is -4.93. The molecule has 2 aliphatic rings. The zero-order valence-electron chi connectivity index (χ0n) is 30.5. The molecule has 0 radical (unpaired) electrons. The largest absolute Gasteiger partial charge is 0.460 e. The third-order valence-corrected chi connectivity index (χ3v) is 9.90. The number of ether oxygens (including phenoxy) is 2. The topological polar surface area (TPSA) is 139 Å². The van der Waals surface area contributed by atoms with Gasteiger partial charge in [0.1, 0.15) is 24.8 Å². The van der Waals surface area contributed by atoms with Crippen LogP contribution in [0.4, 0.5) is 8.78 Å². The molecule has 2 fully saturated rings. The van der Waals surface area contributed by atoms with Crippen molar-refractivity contribution in [2.24, 2.45) is 11.3 Å². The van der Waals surface area contributed by atoms with E-state index in [4.69, 9.17) is 44.3 Å². The van der Waals surface area contributed by atoms with Crippen LogP contribution in [0.25, 0.3) is 17.0 Å². The molecule has 0 spiro atoms. The van der Waals surface area contributed by atoms with E-state index < -0.39 is 69.7 Å². The van der Waals surface area contributed by atoms with Crippen LogP contribution < -0.4 is 16.1 Å². The van der Waals surface area contributed by atoms with Gasteiger partial charge in [0.25, 0.3) is 5.91 Å². The molecule has 2 aromatic rings. The quantitative estimate of drug-likeness (QED) is 0.151. The van der Waals surface area contributed by atoms with Gasteiger partial charge < -0.3 is 20.1 Å². The monoisotopic (exact) mass is 801 g/mol. The molecule has 1 aromatic heterocycles. The number of amides is 2. The Labute approximate surface area is 323 Å². The number of carbonyl (C=O) groups excluding carboxylic acids is 4. The molecule has 292 valence electrons. The first kappa shape index (κ1) is 42.6. The lowest BCUT2D eigenvalue weighted by Gasteiger charge is -2.39. The molecule has 11 nitrogen and oxygen atoms in total. The van der Waals surface area contributed by atoms with Gasteiger partial charge >= 0.3 is 11.9 Å². The van der Waals surface area contributed by atoms with Crippen LogP contribution in [0.15, 0.2) is 36.4 Å². The molecule has 1 saturated carbocycles. The highest BCUT2D eigenvalue weighted by molar-refractivity contribution is 6.67. The molecule has 16 heteroatoms. The van der Waals surface area contributed by atoms with E-state index in [1.165, 1.54) is 11.9 Å². The number of hydrogen-bond acceptors (Lipinski definition) is 9. The molecule has 0 bridgehead atoms. The van der Waals surface area contributed by atoms with E-state index in [0.717, 1.165) is 10.9 Å². The molecule has 4 rings (SSSR count). The maximum absolute atomic E-state index is 14.4. The second-order valence-electron chi connectivity index (χ2n) is 14.4. The highest BCUT2D eigenvalue weighted by atomic mass is 35.6. The van der Waals surface area contributed by atoms with Gasteiger partial charge in [0.15, 0.2) is 0 Å². The lowest BCUT2D eigenvalue weighted by molar-refractivity contribution is -0.153. The van der Waals surface area contributed by atoms with Crippen molar-refractivity contribution in [3.63, 3.8) is 0 Å². The van der Waals surface area contributed by atoms with Gasteiger partial charge in [-0.05, 0) is 63.1 Å². The molecule has 0 unspecified atom stereocenters. The molecular formula is C37H48Cl3F2N5O6.